The largest absolute Gasteiger partial charge is 0.398 e. The number of hydrogen-bond acceptors (Lipinski definition) is 5. The van der Waals surface area contributed by atoms with E-state index in [2.05, 4.69) is 20.7 Å². The Morgan fingerprint density at radius 3 is 2.28 bits per heavy atom. The minimum absolute atomic E-state index is 0. The Balaban J connectivity index is 0.00000288. The molecule has 0 unspecified atom stereocenters. The monoisotopic (exact) mass is 401 g/mol. The van der Waals surface area contributed by atoms with Crippen molar-refractivity contribution in [1.82, 2.24) is 11.6 Å². The maximum atomic E-state index is 5.81. The van der Waals surface area contributed by atoms with E-state index < -0.39 is 0 Å². The molecule has 0 amide bonds. The molecule has 2 aromatic rings. The van der Waals surface area contributed by atoms with Gasteiger partial charge in [0.15, 0.2) is 0 Å². The average Bonchev–Trinajstić information content (AvgIpc) is 2.51. The zero-order valence-corrected chi connectivity index (χ0v) is 15.4. The van der Waals surface area contributed by atoms with E-state index in [0.29, 0.717) is 21.3 Å². The van der Waals surface area contributed by atoms with Gasteiger partial charge in [-0.25, -0.2) is 5.43 Å². The van der Waals surface area contributed by atoms with Crippen molar-refractivity contribution in [2.24, 2.45) is 21.0 Å². The molecule has 2 aromatic carbocycles. The highest BCUT2D eigenvalue weighted by atomic mass is 35.5. The van der Waals surface area contributed by atoms with Crippen LogP contribution in [-0.4, -0.2) is 18.4 Å². The standard InChI is InChI=1S/C15H14Cl2N6.ClH.H3N/c16-12-4-1-10(2-5-12)8-20-22-15(19)23-21-9-11-3-6-13(17)7-14(11)18;;/h1-9H,18H2,(H3,19,22,23);1H;1H3/b20-8+,21-9+;;. The molecule has 0 atom stereocenters. The Labute approximate surface area is 161 Å². The molecule has 2 rings (SSSR count). The van der Waals surface area contributed by atoms with Gasteiger partial charge in [0.25, 0.3) is 0 Å². The molecule has 0 heterocycles. The fourth-order valence-corrected chi connectivity index (χ4v) is 1.87. The van der Waals surface area contributed by atoms with Crippen LogP contribution in [0.15, 0.2) is 57.8 Å². The maximum Gasteiger partial charge on any atom is 0.234 e. The van der Waals surface area contributed by atoms with Crippen LogP contribution in [0, 0.1) is 0 Å². The quantitative estimate of drug-likeness (QED) is 0.269. The lowest BCUT2D eigenvalue weighted by molar-refractivity contribution is 0.994. The summed E-state index contributed by atoms with van der Waals surface area (Å²) in [6, 6.07) is 12.2. The van der Waals surface area contributed by atoms with Crippen LogP contribution in [0.1, 0.15) is 11.1 Å². The lowest BCUT2D eigenvalue weighted by Gasteiger charge is -1.99. The Hall–Kier alpha value is -2.32. The molecule has 0 radical (unpaired) electrons. The van der Waals surface area contributed by atoms with Gasteiger partial charge in [-0.05, 0) is 35.9 Å². The molecule has 0 aliphatic heterocycles. The second-order valence-corrected chi connectivity index (χ2v) is 5.30. The number of anilines is 1. The van der Waals surface area contributed by atoms with Crippen molar-refractivity contribution in [2.75, 3.05) is 5.73 Å². The van der Waals surface area contributed by atoms with Crippen LogP contribution >= 0.6 is 35.6 Å². The number of halogens is 3. The molecule has 0 bridgehead atoms. The summed E-state index contributed by atoms with van der Waals surface area (Å²) >= 11 is 11.6. The van der Waals surface area contributed by atoms with Gasteiger partial charge in [0.2, 0.25) is 5.96 Å². The van der Waals surface area contributed by atoms with E-state index in [9.17, 15) is 0 Å². The fourth-order valence-electron chi connectivity index (χ4n) is 1.56. The van der Waals surface area contributed by atoms with Crippen molar-refractivity contribution in [3.63, 3.8) is 0 Å². The highest BCUT2D eigenvalue weighted by Crippen LogP contribution is 2.16. The zero-order chi connectivity index (χ0) is 16.7. The molecule has 8 N–H and O–H groups in total. The maximum absolute atomic E-state index is 5.81. The molecule has 0 spiro atoms. The Kier molecular flexibility index (Phi) is 10.2. The van der Waals surface area contributed by atoms with Crippen LogP contribution < -0.4 is 23.0 Å². The van der Waals surface area contributed by atoms with Crippen molar-refractivity contribution < 1.29 is 0 Å². The average molecular weight is 403 g/mol. The molecule has 0 fully saturated rings. The van der Waals surface area contributed by atoms with Crippen LogP contribution in [0.3, 0.4) is 0 Å². The van der Waals surface area contributed by atoms with E-state index in [1.807, 2.05) is 12.1 Å². The van der Waals surface area contributed by atoms with E-state index in [0.717, 1.165) is 5.56 Å². The van der Waals surface area contributed by atoms with Crippen molar-refractivity contribution in [1.29, 1.82) is 0 Å². The minimum atomic E-state index is 0. The number of benzene rings is 2. The van der Waals surface area contributed by atoms with E-state index >= 15 is 0 Å². The Morgan fingerprint density at radius 2 is 1.64 bits per heavy atom. The van der Waals surface area contributed by atoms with Crippen molar-refractivity contribution in [3.8, 4) is 0 Å². The number of nitrogens with two attached hydrogens (primary N) is 2. The van der Waals surface area contributed by atoms with Crippen molar-refractivity contribution >= 4 is 59.7 Å². The smallest absolute Gasteiger partial charge is 0.234 e. The van der Waals surface area contributed by atoms with E-state index in [1.54, 1.807) is 36.5 Å². The molecule has 134 valence electrons. The van der Waals surface area contributed by atoms with E-state index in [4.69, 9.17) is 34.7 Å². The molecular weight excluding hydrogens is 385 g/mol. The first-order valence-electron chi connectivity index (χ1n) is 6.51. The summed E-state index contributed by atoms with van der Waals surface area (Å²) < 4.78 is 0. The van der Waals surface area contributed by atoms with Crippen molar-refractivity contribution in [3.05, 3.63) is 63.6 Å². The Morgan fingerprint density at radius 1 is 1.00 bits per heavy atom. The van der Waals surface area contributed by atoms with E-state index in [-0.39, 0.29) is 24.5 Å². The van der Waals surface area contributed by atoms with Crippen molar-refractivity contribution in [2.45, 2.75) is 0 Å². The highest BCUT2D eigenvalue weighted by molar-refractivity contribution is 6.31. The van der Waals surface area contributed by atoms with Gasteiger partial charge in [0.1, 0.15) is 0 Å². The summed E-state index contributed by atoms with van der Waals surface area (Å²) in [5.41, 5.74) is 16.0. The lowest BCUT2D eigenvalue weighted by Crippen LogP contribution is -2.26. The van der Waals surface area contributed by atoms with Crippen LogP contribution in [0.25, 0.3) is 0 Å². The molecule has 0 saturated carbocycles. The molecule has 0 saturated heterocycles. The first-order chi connectivity index (χ1) is 11.0. The van der Waals surface area contributed by atoms with Gasteiger partial charge < -0.3 is 17.6 Å². The summed E-state index contributed by atoms with van der Waals surface area (Å²) in [6.45, 7) is 0. The number of nitrogens with zero attached hydrogens (tertiary/aromatic N) is 3. The van der Waals surface area contributed by atoms with Gasteiger partial charge in [-0.15, -0.1) is 17.5 Å². The first-order valence-corrected chi connectivity index (χ1v) is 7.26. The summed E-state index contributed by atoms with van der Waals surface area (Å²) in [4.78, 5) is 0. The minimum Gasteiger partial charge on any atom is -0.398 e. The van der Waals surface area contributed by atoms with Crippen LogP contribution in [-0.2, 0) is 0 Å². The summed E-state index contributed by atoms with van der Waals surface area (Å²) in [5, 5.41) is 12.7. The third kappa shape index (κ3) is 7.86. The highest BCUT2D eigenvalue weighted by Gasteiger charge is 1.96. The van der Waals surface area contributed by atoms with E-state index in [1.165, 1.54) is 6.21 Å². The van der Waals surface area contributed by atoms with Crippen LogP contribution in [0.2, 0.25) is 10.0 Å². The fraction of sp³-hybridized carbons (Fsp3) is 0. The molecular formula is C15H18Cl3N7. The predicted molar refractivity (Wildman–Crippen MR) is 110 cm³/mol. The third-order valence-corrected chi connectivity index (χ3v) is 3.16. The van der Waals surface area contributed by atoms with Gasteiger partial charge >= 0.3 is 0 Å². The molecule has 0 aromatic heterocycles. The number of nitrogens with one attached hydrogen (secondary N) is 1. The topological polar surface area (TPSA) is 136 Å². The van der Waals surface area contributed by atoms with Crippen LogP contribution in [0.4, 0.5) is 5.69 Å². The number of rotatable bonds is 4. The van der Waals surface area contributed by atoms with Gasteiger partial charge in [0, 0.05) is 21.3 Å². The Bertz CT molecular complexity index is 758. The second-order valence-electron chi connectivity index (χ2n) is 4.42. The van der Waals surface area contributed by atoms with Gasteiger partial charge in [-0.2, -0.15) is 10.2 Å². The molecule has 25 heavy (non-hydrogen) atoms. The van der Waals surface area contributed by atoms with Gasteiger partial charge in [-0.3, -0.25) is 0 Å². The zero-order valence-electron chi connectivity index (χ0n) is 13.1. The number of nitrogen functional groups attached to an aromatic ring is 1. The predicted octanol–water partition coefficient (Wildman–Crippen LogP) is 3.43. The second kappa shape index (κ2) is 11.3. The van der Waals surface area contributed by atoms with Gasteiger partial charge in [-0.1, -0.05) is 35.3 Å². The first kappa shape index (κ1) is 22.7. The summed E-state index contributed by atoms with van der Waals surface area (Å²) in [7, 11) is 0. The third-order valence-electron chi connectivity index (χ3n) is 2.67. The van der Waals surface area contributed by atoms with Crippen LogP contribution in [0.5, 0.6) is 0 Å². The number of guanidine groups is 1. The summed E-state index contributed by atoms with van der Waals surface area (Å²) in [5.74, 6) is 0.0407. The molecule has 10 heteroatoms. The molecule has 0 aliphatic carbocycles. The SMILES string of the molecule is Cl.N.NC(=N/N=C/c1ccc(Cl)cc1N)N/N=C/c1ccc(Cl)cc1. The molecule has 7 nitrogen and oxygen atoms in total. The lowest BCUT2D eigenvalue weighted by atomic mass is 10.2. The summed E-state index contributed by atoms with van der Waals surface area (Å²) in [6.07, 6.45) is 3.06. The van der Waals surface area contributed by atoms with Gasteiger partial charge in [0.05, 0.1) is 12.4 Å². The normalized spacial score (nSPS) is 11.2. The number of hydrazone groups is 1. The number of hydrogen-bond donors (Lipinski definition) is 4. The molecule has 0 aliphatic rings.